The van der Waals surface area contributed by atoms with Crippen molar-refractivity contribution in [3.63, 3.8) is 0 Å². The third kappa shape index (κ3) is 4.22. The van der Waals surface area contributed by atoms with Gasteiger partial charge in [-0.05, 0) is 36.8 Å². The summed E-state index contributed by atoms with van der Waals surface area (Å²) in [7, 11) is 0. The molecular weight excluding hydrogens is 336 g/mol. The van der Waals surface area contributed by atoms with Crippen LogP contribution in [-0.2, 0) is 6.54 Å². The van der Waals surface area contributed by atoms with Crippen molar-refractivity contribution in [1.29, 1.82) is 0 Å². The Hall–Kier alpha value is -3.28. The molecule has 0 fully saturated rings. The average Bonchev–Trinajstić information content (AvgIpc) is 2.63. The van der Waals surface area contributed by atoms with Gasteiger partial charge in [0.2, 0.25) is 0 Å². The SMILES string of the molecule is Cc1cccc(CNc2cc(C(=O)Nc3c(F)cccc3F)ccn2)c1. The minimum absolute atomic E-state index is 0.245. The van der Waals surface area contributed by atoms with Gasteiger partial charge in [-0.1, -0.05) is 35.9 Å². The summed E-state index contributed by atoms with van der Waals surface area (Å²) in [5, 5.41) is 5.39. The first-order valence-corrected chi connectivity index (χ1v) is 8.04. The van der Waals surface area contributed by atoms with E-state index in [4.69, 9.17) is 0 Å². The normalized spacial score (nSPS) is 10.4. The largest absolute Gasteiger partial charge is 0.366 e. The number of carbonyl (C=O) groups excluding carboxylic acids is 1. The number of aryl methyl sites for hydroxylation is 1. The fraction of sp³-hybridized carbons (Fsp3) is 0.100. The summed E-state index contributed by atoms with van der Waals surface area (Å²) in [6.07, 6.45) is 1.46. The van der Waals surface area contributed by atoms with E-state index in [2.05, 4.69) is 15.6 Å². The van der Waals surface area contributed by atoms with Gasteiger partial charge in [0.25, 0.3) is 5.91 Å². The van der Waals surface area contributed by atoms with E-state index < -0.39 is 23.2 Å². The van der Waals surface area contributed by atoms with Crippen molar-refractivity contribution in [2.75, 3.05) is 10.6 Å². The zero-order chi connectivity index (χ0) is 18.5. The third-order valence-electron chi connectivity index (χ3n) is 3.78. The summed E-state index contributed by atoms with van der Waals surface area (Å²) in [5.74, 6) is -1.78. The van der Waals surface area contributed by atoms with Gasteiger partial charge in [-0.25, -0.2) is 13.8 Å². The zero-order valence-corrected chi connectivity index (χ0v) is 14.1. The van der Waals surface area contributed by atoms with Crippen LogP contribution in [0.25, 0.3) is 0 Å². The molecule has 2 aromatic carbocycles. The van der Waals surface area contributed by atoms with E-state index in [0.717, 1.165) is 23.3 Å². The molecule has 0 atom stereocenters. The van der Waals surface area contributed by atoms with Gasteiger partial charge in [0.05, 0.1) is 0 Å². The molecule has 0 aliphatic rings. The van der Waals surface area contributed by atoms with Gasteiger partial charge in [0.1, 0.15) is 23.1 Å². The topological polar surface area (TPSA) is 54.0 Å². The quantitative estimate of drug-likeness (QED) is 0.708. The second-order valence-corrected chi connectivity index (χ2v) is 5.82. The molecule has 0 saturated heterocycles. The Kier molecular flexibility index (Phi) is 5.22. The Morgan fingerprint density at radius 2 is 1.77 bits per heavy atom. The lowest BCUT2D eigenvalue weighted by Gasteiger charge is -2.10. The van der Waals surface area contributed by atoms with Gasteiger partial charge in [0, 0.05) is 18.3 Å². The number of aromatic nitrogens is 1. The van der Waals surface area contributed by atoms with Gasteiger partial charge in [0.15, 0.2) is 0 Å². The summed E-state index contributed by atoms with van der Waals surface area (Å²) in [5.41, 5.74) is 2.00. The number of nitrogens with zero attached hydrogens (tertiary/aromatic N) is 1. The number of para-hydroxylation sites is 1. The molecule has 1 aromatic heterocycles. The molecule has 3 aromatic rings. The fourth-order valence-corrected chi connectivity index (χ4v) is 2.49. The van der Waals surface area contributed by atoms with Crippen LogP contribution in [0.5, 0.6) is 0 Å². The van der Waals surface area contributed by atoms with Gasteiger partial charge >= 0.3 is 0 Å². The first-order chi connectivity index (χ1) is 12.5. The molecule has 0 radical (unpaired) electrons. The number of hydrogen-bond donors (Lipinski definition) is 2. The molecule has 1 amide bonds. The highest BCUT2D eigenvalue weighted by Gasteiger charge is 2.14. The lowest BCUT2D eigenvalue weighted by Crippen LogP contribution is -2.15. The molecule has 0 spiro atoms. The standard InChI is InChI=1S/C20H17F2N3O/c1-13-4-2-5-14(10-13)12-24-18-11-15(8-9-23-18)20(26)25-19-16(21)6-3-7-17(19)22/h2-11H,12H2,1H3,(H,23,24)(H,25,26). The average molecular weight is 353 g/mol. The van der Waals surface area contributed by atoms with E-state index >= 15 is 0 Å². The first kappa shape index (κ1) is 17.5. The predicted octanol–water partition coefficient (Wildman–Crippen LogP) is 4.53. The molecule has 0 aliphatic heterocycles. The highest BCUT2D eigenvalue weighted by molar-refractivity contribution is 6.04. The smallest absolute Gasteiger partial charge is 0.256 e. The molecule has 1 heterocycles. The van der Waals surface area contributed by atoms with Crippen molar-refractivity contribution in [2.24, 2.45) is 0 Å². The Labute approximate surface area is 149 Å². The van der Waals surface area contributed by atoms with Crippen molar-refractivity contribution >= 4 is 17.4 Å². The second-order valence-electron chi connectivity index (χ2n) is 5.82. The highest BCUT2D eigenvalue weighted by Crippen LogP contribution is 2.19. The van der Waals surface area contributed by atoms with Gasteiger partial charge in [-0.3, -0.25) is 4.79 Å². The highest BCUT2D eigenvalue weighted by atomic mass is 19.1. The van der Waals surface area contributed by atoms with Crippen molar-refractivity contribution < 1.29 is 13.6 Å². The molecule has 0 saturated carbocycles. The van der Waals surface area contributed by atoms with Crippen LogP contribution in [-0.4, -0.2) is 10.9 Å². The number of carbonyl (C=O) groups is 1. The molecule has 3 rings (SSSR count). The number of amides is 1. The van der Waals surface area contributed by atoms with Crippen LogP contribution < -0.4 is 10.6 Å². The van der Waals surface area contributed by atoms with Crippen LogP contribution in [0.3, 0.4) is 0 Å². The molecule has 132 valence electrons. The van der Waals surface area contributed by atoms with E-state index in [1.807, 2.05) is 31.2 Å². The minimum Gasteiger partial charge on any atom is -0.366 e. The number of benzene rings is 2. The van der Waals surface area contributed by atoms with E-state index in [1.54, 1.807) is 0 Å². The van der Waals surface area contributed by atoms with Crippen molar-refractivity contribution in [1.82, 2.24) is 4.98 Å². The van der Waals surface area contributed by atoms with E-state index in [-0.39, 0.29) is 5.56 Å². The number of pyridine rings is 1. The molecule has 0 aliphatic carbocycles. The van der Waals surface area contributed by atoms with Crippen molar-refractivity contribution in [3.05, 3.63) is 89.1 Å². The molecule has 6 heteroatoms. The van der Waals surface area contributed by atoms with Crippen LogP contribution in [0.4, 0.5) is 20.3 Å². The van der Waals surface area contributed by atoms with Gasteiger partial charge < -0.3 is 10.6 Å². The summed E-state index contributed by atoms with van der Waals surface area (Å²) in [4.78, 5) is 16.5. The third-order valence-corrected chi connectivity index (χ3v) is 3.78. The number of rotatable bonds is 5. The van der Waals surface area contributed by atoms with E-state index in [1.165, 1.54) is 24.4 Å². The van der Waals surface area contributed by atoms with Crippen LogP contribution in [0.1, 0.15) is 21.5 Å². The lowest BCUT2D eigenvalue weighted by molar-refractivity contribution is 0.102. The maximum absolute atomic E-state index is 13.7. The zero-order valence-electron chi connectivity index (χ0n) is 14.1. The predicted molar refractivity (Wildman–Crippen MR) is 97.1 cm³/mol. The summed E-state index contributed by atoms with van der Waals surface area (Å²) in [6.45, 7) is 2.55. The summed E-state index contributed by atoms with van der Waals surface area (Å²) >= 11 is 0. The van der Waals surface area contributed by atoms with Crippen LogP contribution in [0.2, 0.25) is 0 Å². The first-order valence-electron chi connectivity index (χ1n) is 8.04. The Balaban J connectivity index is 1.71. The molecule has 2 N–H and O–H groups in total. The van der Waals surface area contributed by atoms with Crippen LogP contribution >= 0.6 is 0 Å². The summed E-state index contributed by atoms with van der Waals surface area (Å²) < 4.78 is 27.3. The van der Waals surface area contributed by atoms with Crippen molar-refractivity contribution in [2.45, 2.75) is 13.5 Å². The maximum atomic E-state index is 13.7. The molecule has 0 unspecified atom stereocenters. The minimum atomic E-state index is -0.829. The molecule has 4 nitrogen and oxygen atoms in total. The molecule has 26 heavy (non-hydrogen) atoms. The molecular formula is C20H17F2N3O. The lowest BCUT2D eigenvalue weighted by atomic mass is 10.1. The Morgan fingerprint density at radius 3 is 2.50 bits per heavy atom. The number of halogens is 2. The van der Waals surface area contributed by atoms with E-state index in [9.17, 15) is 13.6 Å². The number of anilines is 2. The monoisotopic (exact) mass is 353 g/mol. The summed E-state index contributed by atoms with van der Waals surface area (Å²) in [6, 6.07) is 14.4. The molecule has 0 bridgehead atoms. The maximum Gasteiger partial charge on any atom is 0.256 e. The number of hydrogen-bond acceptors (Lipinski definition) is 3. The number of nitrogens with one attached hydrogen (secondary N) is 2. The Morgan fingerprint density at radius 1 is 1.04 bits per heavy atom. The van der Waals surface area contributed by atoms with Crippen LogP contribution in [0.15, 0.2) is 60.8 Å². The van der Waals surface area contributed by atoms with Crippen LogP contribution in [0, 0.1) is 18.6 Å². The second kappa shape index (κ2) is 7.74. The van der Waals surface area contributed by atoms with Crippen molar-refractivity contribution in [3.8, 4) is 0 Å². The fourth-order valence-electron chi connectivity index (χ4n) is 2.49. The van der Waals surface area contributed by atoms with Gasteiger partial charge in [-0.15, -0.1) is 0 Å². The van der Waals surface area contributed by atoms with Gasteiger partial charge in [-0.2, -0.15) is 0 Å². The Bertz CT molecular complexity index is 924. The van der Waals surface area contributed by atoms with E-state index in [0.29, 0.717) is 12.4 Å².